The second-order valence-corrected chi connectivity index (χ2v) is 5.89. The van der Waals surface area contributed by atoms with Crippen molar-refractivity contribution in [2.75, 3.05) is 0 Å². The standard InChI is InChI=1S/C15H10Cl2FNOS/c16-11-3-7-13(8-4-11)21-15(19-17)9-14(20)10-1-5-12(18)6-2-10/h1-8H,9H2. The molecule has 0 heterocycles. The van der Waals surface area contributed by atoms with Crippen molar-refractivity contribution >= 4 is 46.0 Å². The summed E-state index contributed by atoms with van der Waals surface area (Å²) in [7, 11) is 0. The van der Waals surface area contributed by atoms with Gasteiger partial charge in [-0.15, -0.1) is 0 Å². The molecule has 0 N–H and O–H groups in total. The number of Topliss-reactive ketones (excluding diaryl/α,β-unsaturated/α-hetero) is 1. The first kappa shape index (κ1) is 16.0. The van der Waals surface area contributed by atoms with Gasteiger partial charge in [-0.2, -0.15) is 4.51 Å². The van der Waals surface area contributed by atoms with E-state index >= 15 is 0 Å². The van der Waals surface area contributed by atoms with E-state index in [2.05, 4.69) is 4.51 Å². The highest BCUT2D eigenvalue weighted by atomic mass is 35.5. The molecular formula is C15H10Cl2FNOS. The van der Waals surface area contributed by atoms with E-state index in [1.807, 2.05) is 12.1 Å². The van der Waals surface area contributed by atoms with Crippen molar-refractivity contribution in [3.63, 3.8) is 0 Å². The molecule has 108 valence electrons. The molecule has 0 unspecified atom stereocenters. The number of halogens is 3. The zero-order valence-corrected chi connectivity index (χ0v) is 13.1. The van der Waals surface area contributed by atoms with E-state index in [0.717, 1.165) is 4.90 Å². The molecule has 0 bridgehead atoms. The Morgan fingerprint density at radius 1 is 1.10 bits per heavy atom. The molecule has 0 aromatic heterocycles. The second kappa shape index (κ2) is 7.59. The number of ketones is 1. The van der Waals surface area contributed by atoms with Crippen LogP contribution >= 0.6 is 35.1 Å². The Labute approximate surface area is 136 Å². The minimum atomic E-state index is -0.381. The van der Waals surface area contributed by atoms with E-state index in [9.17, 15) is 9.18 Å². The number of carbonyl (C=O) groups is 1. The first-order chi connectivity index (χ1) is 10.1. The number of nitrogens with zero attached hydrogens (tertiary/aromatic N) is 1. The summed E-state index contributed by atoms with van der Waals surface area (Å²) in [5.41, 5.74) is 0.422. The summed E-state index contributed by atoms with van der Waals surface area (Å²) in [6.07, 6.45) is 0.0580. The topological polar surface area (TPSA) is 29.4 Å². The summed E-state index contributed by atoms with van der Waals surface area (Å²) in [5.74, 6) is -0.552. The van der Waals surface area contributed by atoms with Gasteiger partial charge in [0.25, 0.3) is 0 Å². The van der Waals surface area contributed by atoms with Crippen LogP contribution < -0.4 is 0 Å². The fourth-order valence-electron chi connectivity index (χ4n) is 1.60. The third-order valence-electron chi connectivity index (χ3n) is 2.62. The summed E-state index contributed by atoms with van der Waals surface area (Å²) in [5, 5.41) is 1.10. The Hall–Kier alpha value is -1.36. The number of hydrogen-bond donors (Lipinski definition) is 0. The quantitative estimate of drug-likeness (QED) is 0.322. The van der Waals surface area contributed by atoms with Crippen LogP contribution in [0.2, 0.25) is 5.02 Å². The maximum atomic E-state index is 12.8. The van der Waals surface area contributed by atoms with Crippen molar-refractivity contribution in [3.05, 3.63) is 64.9 Å². The average molecular weight is 342 g/mol. The molecule has 2 nitrogen and oxygen atoms in total. The van der Waals surface area contributed by atoms with Crippen molar-refractivity contribution in [2.45, 2.75) is 11.3 Å². The van der Waals surface area contributed by atoms with E-state index in [-0.39, 0.29) is 18.0 Å². The van der Waals surface area contributed by atoms with E-state index in [0.29, 0.717) is 15.6 Å². The monoisotopic (exact) mass is 341 g/mol. The van der Waals surface area contributed by atoms with Crippen LogP contribution in [0.5, 0.6) is 0 Å². The lowest BCUT2D eigenvalue weighted by Crippen LogP contribution is -2.05. The molecule has 2 aromatic carbocycles. The summed E-state index contributed by atoms with van der Waals surface area (Å²) < 4.78 is 16.4. The zero-order chi connectivity index (χ0) is 15.2. The molecule has 21 heavy (non-hydrogen) atoms. The molecule has 0 aliphatic rings. The molecule has 0 aliphatic heterocycles. The summed E-state index contributed by atoms with van der Waals surface area (Å²) in [6.45, 7) is 0. The highest BCUT2D eigenvalue weighted by molar-refractivity contribution is 8.14. The maximum Gasteiger partial charge on any atom is 0.169 e. The minimum Gasteiger partial charge on any atom is -0.294 e. The maximum absolute atomic E-state index is 12.8. The van der Waals surface area contributed by atoms with Crippen molar-refractivity contribution in [1.82, 2.24) is 0 Å². The number of benzene rings is 2. The predicted octanol–water partition coefficient (Wildman–Crippen LogP) is 5.40. The Morgan fingerprint density at radius 2 is 1.71 bits per heavy atom. The first-order valence-electron chi connectivity index (χ1n) is 5.98. The van der Waals surface area contributed by atoms with Gasteiger partial charge in [0, 0.05) is 27.3 Å². The molecule has 0 saturated carbocycles. The Kier molecular flexibility index (Phi) is 5.79. The van der Waals surface area contributed by atoms with E-state index in [4.69, 9.17) is 23.4 Å². The van der Waals surface area contributed by atoms with Crippen molar-refractivity contribution in [3.8, 4) is 0 Å². The molecule has 6 heteroatoms. The summed E-state index contributed by atoms with van der Waals surface area (Å²) in [4.78, 5) is 13.0. The fraction of sp³-hybridized carbons (Fsp3) is 0.0667. The smallest absolute Gasteiger partial charge is 0.169 e. The van der Waals surface area contributed by atoms with E-state index in [1.54, 1.807) is 12.1 Å². The summed E-state index contributed by atoms with van der Waals surface area (Å²) >= 11 is 12.6. The number of thioether (sulfide) groups is 1. The zero-order valence-electron chi connectivity index (χ0n) is 10.7. The SMILES string of the molecule is O=C(CC(=NCl)Sc1ccc(Cl)cc1)c1ccc(F)cc1. The van der Waals surface area contributed by atoms with Crippen LogP contribution in [0.1, 0.15) is 16.8 Å². The third-order valence-corrected chi connectivity index (χ3v) is 4.16. The van der Waals surface area contributed by atoms with E-state index < -0.39 is 0 Å². The molecule has 0 radical (unpaired) electrons. The van der Waals surface area contributed by atoms with Gasteiger partial charge in [0.05, 0.1) is 6.42 Å². The molecular weight excluding hydrogens is 332 g/mol. The molecule has 2 aromatic rings. The van der Waals surface area contributed by atoms with Crippen molar-refractivity contribution in [2.24, 2.45) is 4.51 Å². The lowest BCUT2D eigenvalue weighted by atomic mass is 10.1. The van der Waals surface area contributed by atoms with E-state index in [1.165, 1.54) is 36.0 Å². The van der Waals surface area contributed by atoms with Crippen LogP contribution in [0.15, 0.2) is 57.9 Å². The molecule has 0 amide bonds. The number of carbonyl (C=O) groups excluding carboxylic acids is 1. The van der Waals surface area contributed by atoms with Gasteiger partial charge in [0.1, 0.15) is 10.9 Å². The Bertz CT molecular complexity index is 656. The summed E-state index contributed by atoms with van der Waals surface area (Å²) in [6, 6.07) is 12.5. The van der Waals surface area contributed by atoms with Gasteiger partial charge >= 0.3 is 0 Å². The Balaban J connectivity index is 2.04. The van der Waals surface area contributed by atoms with Gasteiger partial charge in [-0.05, 0) is 48.5 Å². The van der Waals surface area contributed by atoms with Gasteiger partial charge < -0.3 is 0 Å². The Morgan fingerprint density at radius 3 is 2.29 bits per heavy atom. The van der Waals surface area contributed by atoms with Crippen LogP contribution in [-0.2, 0) is 0 Å². The highest BCUT2D eigenvalue weighted by Crippen LogP contribution is 2.24. The third kappa shape index (κ3) is 4.84. The average Bonchev–Trinajstić information content (AvgIpc) is 2.49. The largest absolute Gasteiger partial charge is 0.294 e. The van der Waals surface area contributed by atoms with Crippen molar-refractivity contribution < 1.29 is 9.18 Å². The molecule has 2 rings (SSSR count). The van der Waals surface area contributed by atoms with Crippen LogP contribution in [0.4, 0.5) is 4.39 Å². The van der Waals surface area contributed by atoms with Crippen LogP contribution in [0, 0.1) is 5.82 Å². The fourth-order valence-corrected chi connectivity index (χ4v) is 2.67. The lowest BCUT2D eigenvalue weighted by molar-refractivity contribution is 0.100. The molecule has 0 saturated heterocycles. The highest BCUT2D eigenvalue weighted by Gasteiger charge is 2.12. The van der Waals surface area contributed by atoms with Gasteiger partial charge in [0.2, 0.25) is 0 Å². The molecule has 0 aliphatic carbocycles. The molecule has 0 spiro atoms. The van der Waals surface area contributed by atoms with Crippen molar-refractivity contribution in [1.29, 1.82) is 0 Å². The number of hydrogen-bond acceptors (Lipinski definition) is 3. The first-order valence-corrected chi connectivity index (χ1v) is 7.52. The van der Waals surface area contributed by atoms with Gasteiger partial charge in [-0.1, -0.05) is 23.4 Å². The predicted molar refractivity (Wildman–Crippen MR) is 85.9 cm³/mol. The van der Waals surface area contributed by atoms with Gasteiger partial charge in [-0.25, -0.2) is 4.39 Å². The molecule has 0 atom stereocenters. The normalized spacial score (nSPS) is 11.5. The lowest BCUT2D eigenvalue weighted by Gasteiger charge is -2.04. The van der Waals surface area contributed by atoms with Crippen LogP contribution in [0.3, 0.4) is 0 Å². The van der Waals surface area contributed by atoms with Gasteiger partial charge in [-0.3, -0.25) is 4.79 Å². The van der Waals surface area contributed by atoms with Crippen LogP contribution in [-0.4, -0.2) is 10.8 Å². The molecule has 0 fully saturated rings. The van der Waals surface area contributed by atoms with Gasteiger partial charge in [0.15, 0.2) is 5.78 Å². The minimum absolute atomic E-state index is 0.0580. The second-order valence-electron chi connectivity index (χ2n) is 4.14. The van der Waals surface area contributed by atoms with Crippen LogP contribution in [0.25, 0.3) is 0 Å². The number of rotatable bonds is 4.